The van der Waals surface area contributed by atoms with Gasteiger partial charge in [-0.2, -0.15) is 9.57 Å². The lowest BCUT2D eigenvalue weighted by atomic mass is 10.1. The molecule has 1 aliphatic heterocycles. The number of sulfonamides is 1. The van der Waals surface area contributed by atoms with Crippen LogP contribution in [0.5, 0.6) is 5.75 Å². The molecule has 0 aromatic heterocycles. The lowest BCUT2D eigenvalue weighted by molar-refractivity contribution is -0.149. The molecular weight excluding hydrogens is 420 g/mol. The SMILES string of the molecule is CC(Oc1ccc(C#N)cc1)C(=O)OCC(=O)c1ccc(S(=O)(=O)N2CCCC2)cc1. The minimum absolute atomic E-state index is 0.132. The van der Waals surface area contributed by atoms with Crippen LogP contribution in [0.15, 0.2) is 53.4 Å². The highest BCUT2D eigenvalue weighted by atomic mass is 32.2. The fourth-order valence-electron chi connectivity index (χ4n) is 3.09. The largest absolute Gasteiger partial charge is 0.479 e. The minimum Gasteiger partial charge on any atom is -0.479 e. The van der Waals surface area contributed by atoms with Gasteiger partial charge in [-0.1, -0.05) is 0 Å². The fourth-order valence-corrected chi connectivity index (χ4v) is 4.61. The molecule has 0 radical (unpaired) electrons. The van der Waals surface area contributed by atoms with Gasteiger partial charge < -0.3 is 9.47 Å². The van der Waals surface area contributed by atoms with Crippen molar-refractivity contribution in [2.24, 2.45) is 0 Å². The van der Waals surface area contributed by atoms with Gasteiger partial charge in [-0.25, -0.2) is 13.2 Å². The number of hydrogen-bond acceptors (Lipinski definition) is 7. The highest BCUT2D eigenvalue weighted by molar-refractivity contribution is 7.89. The van der Waals surface area contributed by atoms with Crippen molar-refractivity contribution in [3.05, 3.63) is 59.7 Å². The molecule has 162 valence electrons. The molecule has 1 atom stereocenters. The highest BCUT2D eigenvalue weighted by Gasteiger charge is 2.27. The maximum atomic E-state index is 12.5. The van der Waals surface area contributed by atoms with Gasteiger partial charge >= 0.3 is 5.97 Å². The maximum absolute atomic E-state index is 12.5. The summed E-state index contributed by atoms with van der Waals surface area (Å²) in [6.07, 6.45) is 0.733. The number of nitrogens with zero attached hydrogens (tertiary/aromatic N) is 2. The average molecular weight is 442 g/mol. The Hall–Kier alpha value is -3.22. The predicted octanol–water partition coefficient (Wildman–Crippen LogP) is 2.54. The standard InChI is InChI=1S/C22H22N2O6S/c1-16(30-19-8-4-17(14-23)5-9-19)22(26)29-15-21(25)18-6-10-20(11-7-18)31(27,28)24-12-2-3-13-24/h4-11,16H,2-3,12-13,15H2,1H3. The van der Waals surface area contributed by atoms with Crippen LogP contribution in [0.1, 0.15) is 35.7 Å². The molecule has 31 heavy (non-hydrogen) atoms. The van der Waals surface area contributed by atoms with Gasteiger partial charge in [0.05, 0.1) is 16.5 Å². The summed E-state index contributed by atoms with van der Waals surface area (Å²) in [7, 11) is -3.55. The zero-order valence-electron chi connectivity index (χ0n) is 17.0. The number of hydrogen-bond donors (Lipinski definition) is 0. The molecule has 1 heterocycles. The van der Waals surface area contributed by atoms with Gasteiger partial charge in [-0.3, -0.25) is 4.79 Å². The van der Waals surface area contributed by atoms with E-state index in [9.17, 15) is 18.0 Å². The lowest BCUT2D eigenvalue weighted by Crippen LogP contribution is -2.28. The number of nitriles is 1. The number of carbonyl (C=O) groups is 2. The fraction of sp³-hybridized carbons (Fsp3) is 0.318. The first-order valence-corrected chi connectivity index (χ1v) is 11.2. The Labute approximate surface area is 181 Å². The summed E-state index contributed by atoms with van der Waals surface area (Å²) in [5.41, 5.74) is 0.710. The quantitative estimate of drug-likeness (QED) is 0.456. The number of carbonyl (C=O) groups excluding carboxylic acids is 2. The molecule has 2 aromatic carbocycles. The Morgan fingerprint density at radius 3 is 2.26 bits per heavy atom. The van der Waals surface area contributed by atoms with E-state index < -0.39 is 34.5 Å². The summed E-state index contributed by atoms with van der Waals surface area (Å²) in [6.45, 7) is 2.00. The normalized spacial score (nSPS) is 15.1. The summed E-state index contributed by atoms with van der Waals surface area (Å²) in [4.78, 5) is 24.5. The molecule has 0 bridgehead atoms. The van der Waals surface area contributed by atoms with Gasteiger partial charge in [0.15, 0.2) is 18.5 Å². The molecule has 1 aliphatic rings. The average Bonchev–Trinajstić information content (AvgIpc) is 3.33. The molecule has 1 fully saturated rings. The molecule has 2 aromatic rings. The van der Waals surface area contributed by atoms with Gasteiger partial charge in [-0.15, -0.1) is 0 Å². The summed E-state index contributed by atoms with van der Waals surface area (Å²) >= 11 is 0. The number of ether oxygens (including phenoxy) is 2. The molecule has 0 amide bonds. The first-order valence-electron chi connectivity index (χ1n) is 9.78. The molecule has 0 aliphatic carbocycles. The van der Waals surface area contributed by atoms with Crippen LogP contribution < -0.4 is 4.74 Å². The Kier molecular flexibility index (Phi) is 7.05. The minimum atomic E-state index is -3.55. The van der Waals surface area contributed by atoms with Crippen molar-refractivity contribution < 1.29 is 27.5 Å². The third kappa shape index (κ3) is 5.48. The lowest BCUT2D eigenvalue weighted by Gasteiger charge is -2.15. The molecule has 1 saturated heterocycles. The number of Topliss-reactive ketones (excluding diaryl/α,β-unsaturated/α-hetero) is 1. The summed E-state index contributed by atoms with van der Waals surface area (Å²) in [6, 6.07) is 13.8. The van der Waals surface area contributed by atoms with E-state index in [1.165, 1.54) is 35.5 Å². The van der Waals surface area contributed by atoms with Crippen molar-refractivity contribution >= 4 is 21.8 Å². The van der Waals surface area contributed by atoms with Gasteiger partial charge in [-0.05, 0) is 68.3 Å². The number of ketones is 1. The van der Waals surface area contributed by atoms with Gasteiger partial charge in [0.25, 0.3) is 0 Å². The molecule has 0 saturated carbocycles. The van der Waals surface area contributed by atoms with Crippen LogP contribution in [0, 0.1) is 11.3 Å². The van der Waals surface area contributed by atoms with Crippen LogP contribution in [0.4, 0.5) is 0 Å². The van der Waals surface area contributed by atoms with Gasteiger partial charge in [0.1, 0.15) is 5.75 Å². The van der Waals surface area contributed by atoms with Gasteiger partial charge in [0.2, 0.25) is 10.0 Å². The Balaban J connectivity index is 1.53. The molecular formula is C22H22N2O6S. The molecule has 8 nitrogen and oxygen atoms in total. The highest BCUT2D eigenvalue weighted by Crippen LogP contribution is 2.21. The van der Waals surface area contributed by atoms with Crippen LogP contribution in [0.2, 0.25) is 0 Å². The maximum Gasteiger partial charge on any atom is 0.347 e. The zero-order chi connectivity index (χ0) is 22.4. The van der Waals surface area contributed by atoms with E-state index >= 15 is 0 Å². The number of esters is 1. The van der Waals surface area contributed by atoms with E-state index in [2.05, 4.69) is 0 Å². The van der Waals surface area contributed by atoms with Crippen molar-refractivity contribution in [2.75, 3.05) is 19.7 Å². The van der Waals surface area contributed by atoms with Crippen LogP contribution in [-0.2, 0) is 19.6 Å². The van der Waals surface area contributed by atoms with Crippen LogP contribution in [0.25, 0.3) is 0 Å². The van der Waals surface area contributed by atoms with Crippen molar-refractivity contribution in [1.82, 2.24) is 4.31 Å². The van der Waals surface area contributed by atoms with Crippen molar-refractivity contribution in [1.29, 1.82) is 5.26 Å². The monoisotopic (exact) mass is 442 g/mol. The summed E-state index contributed by atoms with van der Waals surface area (Å²) in [5, 5.41) is 8.79. The van der Waals surface area contributed by atoms with E-state index in [-0.39, 0.29) is 10.5 Å². The van der Waals surface area contributed by atoms with E-state index in [1.54, 1.807) is 24.3 Å². The Bertz CT molecular complexity index is 1080. The van der Waals surface area contributed by atoms with Crippen LogP contribution >= 0.6 is 0 Å². The molecule has 0 spiro atoms. The van der Waals surface area contributed by atoms with Crippen molar-refractivity contribution in [3.63, 3.8) is 0 Å². The van der Waals surface area contributed by atoms with E-state index in [4.69, 9.17) is 14.7 Å². The predicted molar refractivity (Wildman–Crippen MR) is 111 cm³/mol. The molecule has 0 N–H and O–H groups in total. The Morgan fingerprint density at radius 1 is 1.06 bits per heavy atom. The third-order valence-electron chi connectivity index (χ3n) is 4.85. The summed E-state index contributed by atoms with van der Waals surface area (Å²) in [5.74, 6) is -0.778. The zero-order valence-corrected chi connectivity index (χ0v) is 17.8. The third-order valence-corrected chi connectivity index (χ3v) is 6.77. The molecule has 3 rings (SSSR count). The number of rotatable bonds is 8. The van der Waals surface area contributed by atoms with E-state index in [0.29, 0.717) is 24.4 Å². The smallest absolute Gasteiger partial charge is 0.347 e. The Morgan fingerprint density at radius 2 is 1.68 bits per heavy atom. The van der Waals surface area contributed by atoms with E-state index in [1.807, 2.05) is 6.07 Å². The second-order valence-electron chi connectivity index (χ2n) is 7.06. The molecule has 9 heteroatoms. The van der Waals surface area contributed by atoms with Crippen molar-refractivity contribution in [2.45, 2.75) is 30.8 Å². The van der Waals surface area contributed by atoms with Crippen LogP contribution in [-0.4, -0.2) is 50.3 Å². The number of benzene rings is 2. The topological polar surface area (TPSA) is 114 Å². The molecule has 1 unspecified atom stereocenters. The first-order chi connectivity index (χ1) is 14.8. The van der Waals surface area contributed by atoms with Gasteiger partial charge in [0, 0.05) is 18.7 Å². The second-order valence-corrected chi connectivity index (χ2v) is 9.00. The first kappa shape index (κ1) is 22.5. The van der Waals surface area contributed by atoms with E-state index in [0.717, 1.165) is 12.8 Å². The van der Waals surface area contributed by atoms with Crippen LogP contribution in [0.3, 0.4) is 0 Å². The summed E-state index contributed by atoms with van der Waals surface area (Å²) < 4.78 is 37.0. The van der Waals surface area contributed by atoms with Crippen molar-refractivity contribution in [3.8, 4) is 11.8 Å². The second kappa shape index (κ2) is 9.73.